The molecule has 2 rings (SSSR count). The highest BCUT2D eigenvalue weighted by atomic mass is 16.6. The Labute approximate surface area is 280 Å². The minimum Gasteiger partial charge on any atom is -0.385 e. The van der Waals surface area contributed by atoms with Gasteiger partial charge < -0.3 is 10.2 Å². The summed E-state index contributed by atoms with van der Waals surface area (Å²) in [5.74, 6) is -0.451. The first-order valence-electron chi connectivity index (χ1n) is 15.9. The van der Waals surface area contributed by atoms with Gasteiger partial charge in [0.25, 0.3) is 5.70 Å². The van der Waals surface area contributed by atoms with Gasteiger partial charge in [-0.3, -0.25) is 19.7 Å². The summed E-state index contributed by atoms with van der Waals surface area (Å²) in [6, 6.07) is 0. The first-order valence-corrected chi connectivity index (χ1v) is 15.9. The Balaban J connectivity index is 2.11. The maximum Gasteiger partial charge on any atom is 0.269 e. The number of hydrogen-bond donors (Lipinski definition) is 2. The van der Waals surface area contributed by atoms with Crippen molar-refractivity contribution in [2.45, 2.75) is 94.3 Å². The van der Waals surface area contributed by atoms with Gasteiger partial charge in [-0.15, -0.1) is 0 Å². The van der Waals surface area contributed by atoms with E-state index in [2.05, 4.69) is 0 Å². The van der Waals surface area contributed by atoms with E-state index in [1.165, 1.54) is 12.2 Å². The molecule has 0 saturated heterocycles. The maximum absolute atomic E-state index is 12.3. The van der Waals surface area contributed by atoms with Gasteiger partial charge in [0.2, 0.25) is 0 Å². The standard InChI is InChI=1S/C40H51NO6/c1-26(13-11-14-27(2)18-21-33-30(5)37(44)35(42)24-39(33,7)8)17-20-32(41(46)47)23-29(4)16-12-15-28(3)19-22-34-31(6)38(45)36(43)25-40(34,9)10/h11-23,35-36,42-43H,24-25H2,1-10H3/b13-11+,16-12+,21-18+,22-19+,26-17+,27-14+,28-15+,29-23+,32-20+/t35-,36-/m0/s1. The fraction of sp³-hybridized carbons (Fsp3) is 0.400. The Kier molecular flexibility index (Phi) is 13.7. The van der Waals surface area contributed by atoms with Gasteiger partial charge in [-0.2, -0.15) is 0 Å². The van der Waals surface area contributed by atoms with Crippen LogP contribution in [-0.4, -0.2) is 38.9 Å². The topological polar surface area (TPSA) is 118 Å². The van der Waals surface area contributed by atoms with Crippen LogP contribution < -0.4 is 0 Å². The van der Waals surface area contributed by atoms with E-state index in [0.717, 1.165) is 27.9 Å². The number of ketones is 2. The van der Waals surface area contributed by atoms with Crippen molar-refractivity contribution in [2.24, 2.45) is 10.8 Å². The molecule has 2 N–H and O–H groups in total. The molecule has 0 fully saturated rings. The SMILES string of the molecule is CC1=C(/C=C/C(C)=C/C=C/C(C)=C/C=C(\C=C(C)\C=C\C=C(C)\C=C\C2=C(C)C(=O)[C@@H](O)CC2(C)C)[N+](=O)[O-])C(C)(C)C[C@H](O)C1=O. The molecule has 0 amide bonds. The summed E-state index contributed by atoms with van der Waals surface area (Å²) in [6.45, 7) is 19.1. The van der Waals surface area contributed by atoms with Crippen LogP contribution in [0.5, 0.6) is 0 Å². The summed E-state index contributed by atoms with van der Waals surface area (Å²) in [5.41, 5.74) is 5.80. The lowest BCUT2D eigenvalue weighted by Gasteiger charge is -2.34. The van der Waals surface area contributed by atoms with Gasteiger partial charge in [0.1, 0.15) is 12.2 Å². The van der Waals surface area contributed by atoms with Crippen molar-refractivity contribution in [2.75, 3.05) is 0 Å². The zero-order chi connectivity index (χ0) is 35.7. The minimum atomic E-state index is -0.958. The average Bonchev–Trinajstić information content (AvgIpc) is 2.96. The quantitative estimate of drug-likeness (QED) is 0.133. The number of carbonyl (C=O) groups is 2. The van der Waals surface area contributed by atoms with Crippen LogP contribution >= 0.6 is 0 Å². The van der Waals surface area contributed by atoms with Crippen molar-refractivity contribution < 1.29 is 24.7 Å². The van der Waals surface area contributed by atoms with E-state index in [1.54, 1.807) is 32.9 Å². The molecule has 0 aliphatic heterocycles. The second-order valence-electron chi connectivity index (χ2n) is 13.9. The Hall–Kier alpha value is -4.20. The molecule has 2 atom stereocenters. The number of nitro groups is 1. The Morgan fingerprint density at radius 3 is 1.47 bits per heavy atom. The predicted octanol–water partition coefficient (Wildman–Crippen LogP) is 8.51. The van der Waals surface area contributed by atoms with E-state index in [0.29, 0.717) is 29.6 Å². The van der Waals surface area contributed by atoms with Crippen LogP contribution in [0.2, 0.25) is 0 Å². The van der Waals surface area contributed by atoms with Gasteiger partial charge in [0.15, 0.2) is 11.6 Å². The lowest BCUT2D eigenvalue weighted by Crippen LogP contribution is -2.35. The summed E-state index contributed by atoms with van der Waals surface area (Å²) < 4.78 is 0. The number of hydrogen-bond acceptors (Lipinski definition) is 6. The molecule has 0 heterocycles. The summed E-state index contributed by atoms with van der Waals surface area (Å²) in [4.78, 5) is 35.8. The molecule has 2 aliphatic carbocycles. The van der Waals surface area contributed by atoms with Crippen molar-refractivity contribution in [3.63, 3.8) is 0 Å². The van der Waals surface area contributed by atoms with Gasteiger partial charge in [-0.1, -0.05) is 111 Å². The number of carbonyl (C=O) groups excluding carboxylic acids is 2. The Bertz CT molecular complexity index is 1610. The molecular formula is C40H51NO6. The number of nitrogens with zero attached hydrogens (tertiary/aromatic N) is 1. The second-order valence-corrected chi connectivity index (χ2v) is 13.9. The van der Waals surface area contributed by atoms with Crippen LogP contribution in [0.15, 0.2) is 129 Å². The van der Waals surface area contributed by atoms with Crippen molar-refractivity contribution >= 4 is 11.6 Å². The number of Topliss-reactive ketones (excluding diaryl/α,β-unsaturated/α-hetero) is 2. The average molecular weight is 642 g/mol. The first kappa shape index (κ1) is 39.0. The molecule has 0 unspecified atom stereocenters. The molecule has 252 valence electrons. The van der Waals surface area contributed by atoms with Crippen LogP contribution in [-0.2, 0) is 9.59 Å². The number of aliphatic hydroxyl groups is 2. The Morgan fingerprint density at radius 1 is 0.681 bits per heavy atom. The molecule has 0 radical (unpaired) electrons. The number of allylic oxidation sites excluding steroid dienone is 19. The normalized spacial score (nSPS) is 23.9. The van der Waals surface area contributed by atoms with Crippen molar-refractivity contribution in [3.05, 3.63) is 139 Å². The maximum atomic E-state index is 12.3. The van der Waals surface area contributed by atoms with E-state index in [1.807, 2.05) is 103 Å². The van der Waals surface area contributed by atoms with Crippen LogP contribution in [0.25, 0.3) is 0 Å². The molecule has 0 saturated carbocycles. The highest BCUT2D eigenvalue weighted by Gasteiger charge is 2.37. The van der Waals surface area contributed by atoms with Crippen LogP contribution in [0, 0.1) is 20.9 Å². The third kappa shape index (κ3) is 11.2. The summed E-state index contributed by atoms with van der Waals surface area (Å²) in [6.07, 6.45) is 22.5. The molecule has 0 aromatic heterocycles. The van der Waals surface area contributed by atoms with Crippen LogP contribution in [0.4, 0.5) is 0 Å². The molecule has 0 aromatic carbocycles. The first-order chi connectivity index (χ1) is 21.8. The van der Waals surface area contributed by atoms with E-state index in [9.17, 15) is 29.9 Å². The predicted molar refractivity (Wildman–Crippen MR) is 191 cm³/mol. The van der Waals surface area contributed by atoms with Crippen LogP contribution in [0.3, 0.4) is 0 Å². The minimum absolute atomic E-state index is 0.0395. The second kappa shape index (κ2) is 16.6. The third-order valence-electron chi connectivity index (χ3n) is 8.58. The highest BCUT2D eigenvalue weighted by molar-refractivity contribution is 6.01. The van der Waals surface area contributed by atoms with E-state index in [4.69, 9.17) is 0 Å². The lowest BCUT2D eigenvalue weighted by molar-refractivity contribution is -0.419. The van der Waals surface area contributed by atoms with E-state index >= 15 is 0 Å². The van der Waals surface area contributed by atoms with E-state index < -0.39 is 17.1 Å². The molecular weight excluding hydrogens is 590 g/mol. The van der Waals surface area contributed by atoms with Crippen LogP contribution in [0.1, 0.15) is 82.1 Å². The molecule has 0 aromatic rings. The molecule has 7 heteroatoms. The van der Waals surface area contributed by atoms with Gasteiger partial charge >= 0.3 is 0 Å². The fourth-order valence-electron chi connectivity index (χ4n) is 5.81. The molecule has 7 nitrogen and oxygen atoms in total. The molecule has 0 spiro atoms. The molecule has 2 aliphatic rings. The highest BCUT2D eigenvalue weighted by Crippen LogP contribution is 2.40. The van der Waals surface area contributed by atoms with Gasteiger partial charge in [0, 0.05) is 12.2 Å². The number of aliphatic hydroxyl groups excluding tert-OH is 2. The lowest BCUT2D eigenvalue weighted by atomic mass is 9.71. The molecule has 47 heavy (non-hydrogen) atoms. The fourth-order valence-corrected chi connectivity index (χ4v) is 5.81. The van der Waals surface area contributed by atoms with Crippen molar-refractivity contribution in [1.29, 1.82) is 0 Å². The summed E-state index contributed by atoms with van der Waals surface area (Å²) in [5, 5.41) is 31.8. The number of rotatable bonds is 11. The largest absolute Gasteiger partial charge is 0.385 e. The third-order valence-corrected chi connectivity index (χ3v) is 8.58. The summed E-state index contributed by atoms with van der Waals surface area (Å²) >= 11 is 0. The Morgan fingerprint density at radius 2 is 1.06 bits per heavy atom. The van der Waals surface area contributed by atoms with Crippen molar-refractivity contribution in [1.82, 2.24) is 0 Å². The van der Waals surface area contributed by atoms with Gasteiger partial charge in [-0.05, 0) is 93.1 Å². The molecule has 0 bridgehead atoms. The van der Waals surface area contributed by atoms with Gasteiger partial charge in [0.05, 0.1) is 4.92 Å². The monoisotopic (exact) mass is 641 g/mol. The zero-order valence-electron chi connectivity index (χ0n) is 29.5. The summed E-state index contributed by atoms with van der Waals surface area (Å²) in [7, 11) is 0. The van der Waals surface area contributed by atoms with Crippen molar-refractivity contribution in [3.8, 4) is 0 Å². The van der Waals surface area contributed by atoms with E-state index in [-0.39, 0.29) is 28.1 Å². The van der Waals surface area contributed by atoms with Gasteiger partial charge in [-0.25, -0.2) is 0 Å². The zero-order valence-corrected chi connectivity index (χ0v) is 29.5. The smallest absolute Gasteiger partial charge is 0.269 e.